The van der Waals surface area contributed by atoms with Gasteiger partial charge in [0.1, 0.15) is 5.75 Å². The number of carbonyl (C=O) groups excluding carboxylic acids is 1. The minimum Gasteiger partial charge on any atom is -0.483 e. The SMILES string of the molecule is C=CCn1c(SCC(=O)Nc2c(CC)cccc2CC)nnc1C(C)Oc1ccc(Br)cc1. The maximum absolute atomic E-state index is 12.8. The molecule has 1 unspecified atom stereocenters. The van der Waals surface area contributed by atoms with E-state index in [2.05, 4.69) is 64.0 Å². The van der Waals surface area contributed by atoms with Crippen molar-refractivity contribution in [3.05, 3.63) is 76.5 Å². The van der Waals surface area contributed by atoms with Gasteiger partial charge in [0.25, 0.3) is 0 Å². The van der Waals surface area contributed by atoms with Gasteiger partial charge < -0.3 is 10.1 Å². The van der Waals surface area contributed by atoms with Gasteiger partial charge in [-0.1, -0.05) is 65.8 Å². The van der Waals surface area contributed by atoms with Crippen LogP contribution < -0.4 is 10.1 Å². The molecule has 3 rings (SSSR count). The number of benzene rings is 2. The lowest BCUT2D eigenvalue weighted by Crippen LogP contribution is -2.17. The van der Waals surface area contributed by atoms with Crippen LogP contribution in [0.5, 0.6) is 5.75 Å². The van der Waals surface area contributed by atoms with Crippen molar-refractivity contribution < 1.29 is 9.53 Å². The molecule has 0 spiro atoms. The lowest BCUT2D eigenvalue weighted by Gasteiger charge is -2.16. The second kappa shape index (κ2) is 12.0. The number of thioether (sulfide) groups is 1. The molecule has 0 aliphatic carbocycles. The molecule has 1 atom stereocenters. The van der Waals surface area contributed by atoms with Crippen molar-refractivity contribution in [3.63, 3.8) is 0 Å². The van der Waals surface area contributed by atoms with Gasteiger partial charge in [0.05, 0.1) is 5.75 Å². The smallest absolute Gasteiger partial charge is 0.234 e. The molecule has 1 aromatic heterocycles. The van der Waals surface area contributed by atoms with Crippen LogP contribution in [0.3, 0.4) is 0 Å². The van der Waals surface area contributed by atoms with Crippen LogP contribution in [0.25, 0.3) is 0 Å². The first-order valence-electron chi connectivity index (χ1n) is 11.0. The Hall–Kier alpha value is -2.58. The number of nitrogens with zero attached hydrogens (tertiary/aromatic N) is 3. The second-order valence-electron chi connectivity index (χ2n) is 7.45. The summed E-state index contributed by atoms with van der Waals surface area (Å²) in [7, 11) is 0. The van der Waals surface area contributed by atoms with Gasteiger partial charge in [0, 0.05) is 16.7 Å². The fraction of sp³-hybridized carbons (Fsp3) is 0.320. The Kier molecular flexibility index (Phi) is 9.14. The first-order chi connectivity index (χ1) is 16.0. The van der Waals surface area contributed by atoms with E-state index in [0.29, 0.717) is 17.5 Å². The lowest BCUT2D eigenvalue weighted by molar-refractivity contribution is -0.113. The zero-order valence-electron chi connectivity index (χ0n) is 19.2. The molecule has 0 radical (unpaired) electrons. The highest BCUT2D eigenvalue weighted by molar-refractivity contribution is 9.10. The Morgan fingerprint density at radius 3 is 2.45 bits per heavy atom. The predicted molar refractivity (Wildman–Crippen MR) is 138 cm³/mol. The monoisotopic (exact) mass is 528 g/mol. The van der Waals surface area contributed by atoms with E-state index in [1.165, 1.54) is 11.8 Å². The van der Waals surface area contributed by atoms with Gasteiger partial charge in [0.2, 0.25) is 5.91 Å². The van der Waals surface area contributed by atoms with Crippen molar-refractivity contribution >= 4 is 39.3 Å². The maximum Gasteiger partial charge on any atom is 0.234 e. The van der Waals surface area contributed by atoms with Crippen LogP contribution in [-0.2, 0) is 24.2 Å². The molecule has 0 saturated carbocycles. The van der Waals surface area contributed by atoms with E-state index < -0.39 is 0 Å². The van der Waals surface area contributed by atoms with Crippen molar-refractivity contribution in [2.24, 2.45) is 0 Å². The number of nitrogens with one attached hydrogen (secondary N) is 1. The standard InChI is InChI=1S/C25H29BrN4O2S/c1-5-15-30-24(17(4)32-21-13-11-20(26)12-14-21)28-29-25(30)33-16-22(31)27-23-18(6-2)9-8-10-19(23)7-3/h5,8-14,17H,1,6-7,15-16H2,2-4H3,(H,27,31). The molecule has 1 N–H and O–H groups in total. The van der Waals surface area contributed by atoms with Gasteiger partial charge >= 0.3 is 0 Å². The van der Waals surface area contributed by atoms with E-state index in [-0.39, 0.29) is 17.8 Å². The second-order valence-corrected chi connectivity index (χ2v) is 9.31. The number of halogens is 1. The number of amides is 1. The number of anilines is 1. The Balaban J connectivity index is 1.70. The molecule has 0 fully saturated rings. The van der Waals surface area contributed by atoms with Crippen LogP contribution >= 0.6 is 27.7 Å². The molecule has 1 amide bonds. The first kappa shape index (κ1) is 25.1. The minimum absolute atomic E-state index is 0.0653. The Bertz CT molecular complexity index is 1080. The minimum atomic E-state index is -0.314. The average molecular weight is 530 g/mol. The van der Waals surface area contributed by atoms with Gasteiger partial charge in [-0.15, -0.1) is 16.8 Å². The number of aryl methyl sites for hydroxylation is 2. The van der Waals surface area contributed by atoms with E-state index in [9.17, 15) is 4.79 Å². The summed E-state index contributed by atoms with van der Waals surface area (Å²) in [6.07, 6.45) is 3.20. The molecule has 0 bridgehead atoms. The van der Waals surface area contributed by atoms with Crippen LogP contribution in [0.4, 0.5) is 5.69 Å². The summed E-state index contributed by atoms with van der Waals surface area (Å²) in [5.74, 6) is 1.60. The van der Waals surface area contributed by atoms with Gasteiger partial charge in [-0.2, -0.15) is 0 Å². The largest absolute Gasteiger partial charge is 0.483 e. The number of ether oxygens (including phenoxy) is 1. The molecule has 0 aliphatic rings. The highest BCUT2D eigenvalue weighted by Gasteiger charge is 2.20. The summed E-state index contributed by atoms with van der Waals surface area (Å²) in [6, 6.07) is 13.8. The van der Waals surface area contributed by atoms with Crippen LogP contribution in [0.2, 0.25) is 0 Å². The fourth-order valence-electron chi connectivity index (χ4n) is 3.49. The van der Waals surface area contributed by atoms with Crippen molar-refractivity contribution in [2.75, 3.05) is 11.1 Å². The van der Waals surface area contributed by atoms with E-state index in [0.717, 1.165) is 39.9 Å². The number of carbonyl (C=O) groups is 1. The third-order valence-corrected chi connectivity index (χ3v) is 6.64. The third-order valence-electron chi connectivity index (χ3n) is 5.14. The van der Waals surface area contributed by atoms with E-state index in [1.54, 1.807) is 6.08 Å². The third kappa shape index (κ3) is 6.48. The normalized spacial score (nSPS) is 11.8. The topological polar surface area (TPSA) is 69.0 Å². The molecule has 1 heterocycles. The van der Waals surface area contributed by atoms with Gasteiger partial charge in [-0.3, -0.25) is 9.36 Å². The Morgan fingerprint density at radius 1 is 1.18 bits per heavy atom. The predicted octanol–water partition coefficient (Wildman–Crippen LogP) is 6.22. The molecule has 0 aliphatic heterocycles. The molecule has 8 heteroatoms. The van der Waals surface area contributed by atoms with Crippen LogP contribution in [0.1, 0.15) is 43.8 Å². The molecule has 6 nitrogen and oxygen atoms in total. The molecule has 2 aromatic carbocycles. The van der Waals surface area contributed by atoms with Gasteiger partial charge in [0.15, 0.2) is 17.1 Å². The highest BCUT2D eigenvalue weighted by Crippen LogP contribution is 2.27. The van der Waals surface area contributed by atoms with Gasteiger partial charge in [-0.05, 0) is 55.2 Å². The molecule has 174 valence electrons. The Morgan fingerprint density at radius 2 is 1.85 bits per heavy atom. The van der Waals surface area contributed by atoms with Crippen LogP contribution in [-0.4, -0.2) is 26.4 Å². The summed E-state index contributed by atoms with van der Waals surface area (Å²) in [6.45, 7) is 10.5. The summed E-state index contributed by atoms with van der Waals surface area (Å²) in [5, 5.41) is 12.4. The van der Waals surface area contributed by atoms with Crippen molar-refractivity contribution in [2.45, 2.75) is 51.4 Å². The quantitative estimate of drug-likeness (QED) is 0.236. The molecule has 0 saturated heterocycles. The van der Waals surface area contributed by atoms with Crippen LogP contribution in [0, 0.1) is 0 Å². The fourth-order valence-corrected chi connectivity index (χ4v) is 4.51. The van der Waals surface area contributed by atoms with Gasteiger partial charge in [-0.25, -0.2) is 0 Å². The first-order valence-corrected chi connectivity index (χ1v) is 12.7. The maximum atomic E-state index is 12.8. The van der Waals surface area contributed by atoms with E-state index >= 15 is 0 Å². The van der Waals surface area contributed by atoms with Crippen molar-refractivity contribution in [1.29, 1.82) is 0 Å². The molecular formula is C25H29BrN4O2S. The summed E-state index contributed by atoms with van der Waals surface area (Å²) in [5.41, 5.74) is 3.21. The average Bonchev–Trinajstić information content (AvgIpc) is 3.22. The zero-order valence-corrected chi connectivity index (χ0v) is 21.6. The molecule has 33 heavy (non-hydrogen) atoms. The summed E-state index contributed by atoms with van der Waals surface area (Å²) in [4.78, 5) is 12.8. The summed E-state index contributed by atoms with van der Waals surface area (Å²) >= 11 is 4.78. The molecular weight excluding hydrogens is 500 g/mol. The lowest BCUT2D eigenvalue weighted by atomic mass is 10.0. The van der Waals surface area contributed by atoms with Crippen LogP contribution in [0.15, 0.2) is 64.7 Å². The van der Waals surface area contributed by atoms with E-state index in [1.807, 2.05) is 41.8 Å². The zero-order chi connectivity index (χ0) is 23.8. The number of hydrogen-bond donors (Lipinski definition) is 1. The number of rotatable bonds is 11. The highest BCUT2D eigenvalue weighted by atomic mass is 79.9. The Labute approximate surface area is 208 Å². The number of hydrogen-bond acceptors (Lipinski definition) is 5. The van der Waals surface area contributed by atoms with Crippen molar-refractivity contribution in [3.8, 4) is 5.75 Å². The number of allylic oxidation sites excluding steroid dienone is 1. The van der Waals surface area contributed by atoms with E-state index in [4.69, 9.17) is 4.74 Å². The van der Waals surface area contributed by atoms with Crippen molar-refractivity contribution in [1.82, 2.24) is 14.8 Å². The molecule has 3 aromatic rings. The number of para-hydroxylation sites is 1. The summed E-state index contributed by atoms with van der Waals surface area (Å²) < 4.78 is 8.97. The number of aromatic nitrogens is 3.